The minimum Gasteiger partial charge on any atom is -0.496 e. The standard InChI is InChI=1S/C17H29N3O2/c1-5-18-17(19-12-9-13-22-6-2)20(3)14-15-10-7-8-11-16(15)21-4/h7-8,10-11H,5-6,9,12-14H2,1-4H3,(H,18,19). The first-order valence-corrected chi connectivity index (χ1v) is 7.92. The highest BCUT2D eigenvalue weighted by atomic mass is 16.5. The fourth-order valence-corrected chi connectivity index (χ4v) is 2.13. The summed E-state index contributed by atoms with van der Waals surface area (Å²) in [6, 6.07) is 8.07. The number of hydrogen-bond donors (Lipinski definition) is 1. The van der Waals surface area contributed by atoms with Crippen molar-refractivity contribution in [3.05, 3.63) is 29.8 Å². The summed E-state index contributed by atoms with van der Waals surface area (Å²) in [6.45, 7) is 7.97. The summed E-state index contributed by atoms with van der Waals surface area (Å²) in [5.41, 5.74) is 1.15. The van der Waals surface area contributed by atoms with Gasteiger partial charge in [0.2, 0.25) is 0 Å². The SMILES string of the molecule is CCNC(=NCCCOCC)N(C)Cc1ccccc1OC. The van der Waals surface area contributed by atoms with Crippen LogP contribution in [0.15, 0.2) is 29.3 Å². The number of nitrogens with one attached hydrogen (secondary N) is 1. The third kappa shape index (κ3) is 6.35. The van der Waals surface area contributed by atoms with Crippen molar-refractivity contribution in [2.75, 3.05) is 40.5 Å². The lowest BCUT2D eigenvalue weighted by Crippen LogP contribution is -2.38. The van der Waals surface area contributed by atoms with Gasteiger partial charge in [-0.1, -0.05) is 18.2 Å². The van der Waals surface area contributed by atoms with E-state index >= 15 is 0 Å². The lowest BCUT2D eigenvalue weighted by molar-refractivity contribution is 0.146. The number of rotatable bonds is 9. The van der Waals surface area contributed by atoms with Crippen LogP contribution in [0.2, 0.25) is 0 Å². The van der Waals surface area contributed by atoms with Gasteiger partial charge in [-0.15, -0.1) is 0 Å². The first-order valence-electron chi connectivity index (χ1n) is 7.92. The van der Waals surface area contributed by atoms with Crippen LogP contribution in [-0.2, 0) is 11.3 Å². The molecule has 124 valence electrons. The molecule has 5 nitrogen and oxygen atoms in total. The van der Waals surface area contributed by atoms with Crippen LogP contribution >= 0.6 is 0 Å². The van der Waals surface area contributed by atoms with Gasteiger partial charge in [0.25, 0.3) is 0 Å². The average molecular weight is 307 g/mol. The maximum atomic E-state index is 5.41. The van der Waals surface area contributed by atoms with Gasteiger partial charge in [-0.25, -0.2) is 0 Å². The topological polar surface area (TPSA) is 46.1 Å². The van der Waals surface area contributed by atoms with Crippen LogP contribution in [0, 0.1) is 0 Å². The molecule has 1 aromatic carbocycles. The number of para-hydroxylation sites is 1. The smallest absolute Gasteiger partial charge is 0.193 e. The molecule has 0 amide bonds. The number of aliphatic imine (C=N–C) groups is 1. The van der Waals surface area contributed by atoms with Gasteiger partial charge < -0.3 is 19.7 Å². The van der Waals surface area contributed by atoms with E-state index in [1.54, 1.807) is 7.11 Å². The first kappa shape index (κ1) is 18.3. The Morgan fingerprint density at radius 1 is 1.27 bits per heavy atom. The summed E-state index contributed by atoms with van der Waals surface area (Å²) in [7, 11) is 3.74. The molecule has 0 aliphatic heterocycles. The second-order valence-electron chi connectivity index (χ2n) is 4.95. The zero-order chi connectivity index (χ0) is 16.2. The van der Waals surface area contributed by atoms with E-state index in [1.165, 1.54) is 0 Å². The molecule has 22 heavy (non-hydrogen) atoms. The monoisotopic (exact) mass is 307 g/mol. The van der Waals surface area contributed by atoms with Gasteiger partial charge in [0.1, 0.15) is 5.75 Å². The van der Waals surface area contributed by atoms with Gasteiger partial charge in [0, 0.05) is 45.5 Å². The zero-order valence-corrected chi connectivity index (χ0v) is 14.3. The molecule has 0 fully saturated rings. The lowest BCUT2D eigenvalue weighted by Gasteiger charge is -2.23. The van der Waals surface area contributed by atoms with Gasteiger partial charge in [0.05, 0.1) is 7.11 Å². The molecule has 0 saturated carbocycles. The fourth-order valence-electron chi connectivity index (χ4n) is 2.13. The highest BCUT2D eigenvalue weighted by Crippen LogP contribution is 2.18. The normalized spacial score (nSPS) is 11.4. The minimum atomic E-state index is 0.751. The Kier molecular flexibility index (Phi) is 9.07. The van der Waals surface area contributed by atoms with Gasteiger partial charge in [0.15, 0.2) is 5.96 Å². The molecule has 0 saturated heterocycles. The Balaban J connectivity index is 2.63. The second kappa shape index (κ2) is 10.9. The summed E-state index contributed by atoms with van der Waals surface area (Å²) in [6.07, 6.45) is 0.936. The molecule has 0 spiro atoms. The Labute approximate surface area is 134 Å². The average Bonchev–Trinajstić information content (AvgIpc) is 2.54. The molecule has 1 rings (SSSR count). The molecule has 1 N–H and O–H groups in total. The van der Waals surface area contributed by atoms with Crippen LogP contribution in [0.25, 0.3) is 0 Å². The third-order valence-electron chi connectivity index (χ3n) is 3.21. The van der Waals surface area contributed by atoms with Crippen molar-refractivity contribution >= 4 is 5.96 Å². The maximum Gasteiger partial charge on any atom is 0.193 e. The van der Waals surface area contributed by atoms with Gasteiger partial charge in [-0.05, 0) is 26.3 Å². The molecule has 0 aliphatic carbocycles. The fraction of sp³-hybridized carbons (Fsp3) is 0.588. The van der Waals surface area contributed by atoms with E-state index in [0.717, 1.165) is 56.5 Å². The highest BCUT2D eigenvalue weighted by Gasteiger charge is 2.09. The maximum absolute atomic E-state index is 5.41. The molecule has 5 heteroatoms. The molecule has 0 heterocycles. The number of benzene rings is 1. The molecular weight excluding hydrogens is 278 g/mol. The molecule has 0 unspecified atom stereocenters. The summed E-state index contributed by atoms with van der Waals surface area (Å²) in [4.78, 5) is 6.76. The largest absolute Gasteiger partial charge is 0.496 e. The second-order valence-corrected chi connectivity index (χ2v) is 4.95. The predicted molar refractivity (Wildman–Crippen MR) is 91.5 cm³/mol. The number of nitrogens with zero attached hydrogens (tertiary/aromatic N) is 2. The Bertz CT molecular complexity index is 449. The minimum absolute atomic E-state index is 0.751. The summed E-state index contributed by atoms with van der Waals surface area (Å²) < 4.78 is 10.7. The van der Waals surface area contributed by atoms with E-state index in [9.17, 15) is 0 Å². The third-order valence-corrected chi connectivity index (χ3v) is 3.21. The molecule has 0 aliphatic rings. The quantitative estimate of drug-likeness (QED) is 0.432. The number of hydrogen-bond acceptors (Lipinski definition) is 3. The van der Waals surface area contributed by atoms with E-state index in [2.05, 4.69) is 28.2 Å². The van der Waals surface area contributed by atoms with Crippen LogP contribution in [0.4, 0.5) is 0 Å². The molecule has 1 aromatic rings. The number of methoxy groups -OCH3 is 1. The first-order chi connectivity index (χ1) is 10.7. The molecule has 0 radical (unpaired) electrons. The van der Waals surface area contributed by atoms with E-state index < -0.39 is 0 Å². The Morgan fingerprint density at radius 3 is 2.73 bits per heavy atom. The highest BCUT2D eigenvalue weighted by molar-refractivity contribution is 5.79. The molecule has 0 aromatic heterocycles. The van der Waals surface area contributed by atoms with E-state index in [-0.39, 0.29) is 0 Å². The van der Waals surface area contributed by atoms with E-state index in [4.69, 9.17) is 9.47 Å². The summed E-state index contributed by atoms with van der Waals surface area (Å²) in [5.74, 6) is 1.81. The van der Waals surface area contributed by atoms with Crippen molar-refractivity contribution in [1.82, 2.24) is 10.2 Å². The molecule has 0 bridgehead atoms. The van der Waals surface area contributed by atoms with Crippen LogP contribution in [0.1, 0.15) is 25.8 Å². The van der Waals surface area contributed by atoms with Crippen LogP contribution in [0.3, 0.4) is 0 Å². The Hall–Kier alpha value is -1.75. The lowest BCUT2D eigenvalue weighted by atomic mass is 10.2. The molecular formula is C17H29N3O2. The van der Waals surface area contributed by atoms with Gasteiger partial charge >= 0.3 is 0 Å². The van der Waals surface area contributed by atoms with Gasteiger partial charge in [-0.2, -0.15) is 0 Å². The van der Waals surface area contributed by atoms with Crippen molar-refractivity contribution in [3.8, 4) is 5.75 Å². The predicted octanol–water partition coefficient (Wildman–Crippen LogP) is 2.52. The molecule has 0 atom stereocenters. The van der Waals surface area contributed by atoms with Crippen molar-refractivity contribution in [2.24, 2.45) is 4.99 Å². The summed E-state index contributed by atoms with van der Waals surface area (Å²) >= 11 is 0. The number of ether oxygens (including phenoxy) is 2. The van der Waals surface area contributed by atoms with E-state index in [0.29, 0.717) is 0 Å². The van der Waals surface area contributed by atoms with Crippen molar-refractivity contribution in [2.45, 2.75) is 26.8 Å². The van der Waals surface area contributed by atoms with Crippen molar-refractivity contribution in [1.29, 1.82) is 0 Å². The van der Waals surface area contributed by atoms with Crippen molar-refractivity contribution in [3.63, 3.8) is 0 Å². The van der Waals surface area contributed by atoms with E-state index in [1.807, 2.05) is 32.2 Å². The van der Waals surface area contributed by atoms with Crippen molar-refractivity contribution < 1.29 is 9.47 Å². The zero-order valence-electron chi connectivity index (χ0n) is 14.3. The van der Waals surface area contributed by atoms with Crippen LogP contribution in [0.5, 0.6) is 5.75 Å². The van der Waals surface area contributed by atoms with Gasteiger partial charge in [-0.3, -0.25) is 4.99 Å². The van der Waals surface area contributed by atoms with Crippen LogP contribution in [-0.4, -0.2) is 51.3 Å². The number of guanidine groups is 1. The summed E-state index contributed by atoms with van der Waals surface area (Å²) in [5, 5.41) is 3.33. The van der Waals surface area contributed by atoms with Crippen LogP contribution < -0.4 is 10.1 Å². The Morgan fingerprint density at radius 2 is 2.05 bits per heavy atom.